The minimum Gasteiger partial charge on any atom is -0.338 e. The Morgan fingerprint density at radius 3 is 1.85 bits per heavy atom. The zero-order valence-corrected chi connectivity index (χ0v) is 19.7. The SMILES string of the molecule is O=C(Nc1ccc(-c2nc3ccc(NC(=O)C4CCCCC4)cc3[nH]2)cc1)C1CCCCCC1. The molecule has 178 valence electrons. The minimum absolute atomic E-state index is 0.125. The van der Waals surface area contributed by atoms with E-state index in [1.165, 1.54) is 19.3 Å². The Hall–Kier alpha value is -3.15. The first-order chi connectivity index (χ1) is 16.7. The Labute approximate surface area is 200 Å². The smallest absolute Gasteiger partial charge is 0.227 e. The van der Waals surface area contributed by atoms with Gasteiger partial charge in [-0.25, -0.2) is 4.98 Å². The molecular weight excluding hydrogens is 424 g/mol. The highest BCUT2D eigenvalue weighted by atomic mass is 16.2. The van der Waals surface area contributed by atoms with E-state index < -0.39 is 0 Å². The normalized spacial score (nSPS) is 17.9. The Kier molecular flexibility index (Phi) is 6.93. The fraction of sp³-hybridized carbons (Fsp3) is 0.464. The van der Waals surface area contributed by atoms with Crippen molar-refractivity contribution in [1.29, 1.82) is 0 Å². The van der Waals surface area contributed by atoms with Gasteiger partial charge < -0.3 is 15.6 Å². The molecule has 0 atom stereocenters. The van der Waals surface area contributed by atoms with Gasteiger partial charge in [-0.15, -0.1) is 0 Å². The number of benzene rings is 2. The lowest BCUT2D eigenvalue weighted by Gasteiger charge is -2.20. The van der Waals surface area contributed by atoms with Gasteiger partial charge in [0.1, 0.15) is 5.82 Å². The van der Waals surface area contributed by atoms with E-state index in [-0.39, 0.29) is 23.7 Å². The molecule has 0 radical (unpaired) electrons. The highest BCUT2D eigenvalue weighted by Crippen LogP contribution is 2.28. The van der Waals surface area contributed by atoms with Crippen molar-refractivity contribution in [1.82, 2.24) is 9.97 Å². The average Bonchev–Trinajstić information content (AvgIpc) is 3.09. The molecule has 5 rings (SSSR count). The molecule has 1 heterocycles. The van der Waals surface area contributed by atoms with Crippen LogP contribution in [0.5, 0.6) is 0 Å². The van der Waals surface area contributed by atoms with Gasteiger partial charge in [0.05, 0.1) is 11.0 Å². The summed E-state index contributed by atoms with van der Waals surface area (Å²) in [4.78, 5) is 33.3. The van der Waals surface area contributed by atoms with Crippen molar-refractivity contribution in [3.8, 4) is 11.4 Å². The van der Waals surface area contributed by atoms with Crippen LogP contribution in [0, 0.1) is 11.8 Å². The molecule has 3 aromatic rings. The van der Waals surface area contributed by atoms with Gasteiger partial charge in [-0.1, -0.05) is 44.9 Å². The molecule has 0 saturated heterocycles. The summed E-state index contributed by atoms with van der Waals surface area (Å²) < 4.78 is 0. The van der Waals surface area contributed by atoms with Gasteiger partial charge in [0.25, 0.3) is 0 Å². The summed E-state index contributed by atoms with van der Waals surface area (Å²) in [6.45, 7) is 0. The van der Waals surface area contributed by atoms with Crippen molar-refractivity contribution in [2.45, 2.75) is 70.6 Å². The molecule has 0 spiro atoms. The van der Waals surface area contributed by atoms with Gasteiger partial charge in [0.15, 0.2) is 0 Å². The minimum atomic E-state index is 0.125. The second kappa shape index (κ2) is 10.4. The van der Waals surface area contributed by atoms with E-state index in [0.29, 0.717) is 0 Å². The zero-order valence-electron chi connectivity index (χ0n) is 19.7. The van der Waals surface area contributed by atoms with Crippen LogP contribution in [0.25, 0.3) is 22.4 Å². The molecule has 3 N–H and O–H groups in total. The molecule has 34 heavy (non-hydrogen) atoms. The standard InChI is InChI=1S/C28H34N4O2/c33-27(20-8-4-1-2-5-9-20)29-22-14-12-19(13-15-22)26-31-24-17-16-23(18-25(24)32-26)30-28(34)21-10-6-3-7-11-21/h12-18,20-21H,1-11H2,(H,29,33)(H,30,34)(H,31,32). The number of aromatic nitrogens is 2. The maximum absolute atomic E-state index is 12.6. The van der Waals surface area contributed by atoms with Crippen molar-refractivity contribution < 1.29 is 9.59 Å². The molecule has 0 bridgehead atoms. The number of hydrogen-bond acceptors (Lipinski definition) is 3. The number of rotatable bonds is 5. The monoisotopic (exact) mass is 458 g/mol. The molecule has 2 amide bonds. The first kappa shape index (κ1) is 22.6. The predicted molar refractivity (Wildman–Crippen MR) is 137 cm³/mol. The van der Waals surface area contributed by atoms with Gasteiger partial charge in [-0.2, -0.15) is 0 Å². The van der Waals surface area contributed by atoms with Gasteiger partial charge >= 0.3 is 0 Å². The second-order valence-electron chi connectivity index (χ2n) is 9.90. The van der Waals surface area contributed by atoms with E-state index in [4.69, 9.17) is 4.98 Å². The first-order valence-corrected chi connectivity index (χ1v) is 12.9. The molecular formula is C28H34N4O2. The second-order valence-corrected chi connectivity index (χ2v) is 9.90. The summed E-state index contributed by atoms with van der Waals surface area (Å²) in [6.07, 6.45) is 12.3. The van der Waals surface area contributed by atoms with E-state index in [0.717, 1.165) is 85.2 Å². The van der Waals surface area contributed by atoms with E-state index in [1.54, 1.807) is 0 Å². The van der Waals surface area contributed by atoms with E-state index in [1.807, 2.05) is 42.5 Å². The summed E-state index contributed by atoms with van der Waals surface area (Å²) in [6, 6.07) is 13.6. The quantitative estimate of drug-likeness (QED) is 0.374. The van der Waals surface area contributed by atoms with Crippen LogP contribution in [0.15, 0.2) is 42.5 Å². The molecule has 2 aliphatic carbocycles. The summed E-state index contributed by atoms with van der Waals surface area (Å²) in [5.74, 6) is 1.29. The van der Waals surface area contributed by atoms with Crippen molar-refractivity contribution in [3.05, 3.63) is 42.5 Å². The Morgan fingerprint density at radius 2 is 1.24 bits per heavy atom. The molecule has 1 aromatic heterocycles. The number of fused-ring (bicyclic) bond motifs is 1. The topological polar surface area (TPSA) is 86.9 Å². The lowest BCUT2D eigenvalue weighted by Crippen LogP contribution is -2.24. The fourth-order valence-electron chi connectivity index (χ4n) is 5.33. The van der Waals surface area contributed by atoms with Crippen LogP contribution in [0.3, 0.4) is 0 Å². The van der Waals surface area contributed by atoms with Gasteiger partial charge in [0, 0.05) is 28.8 Å². The Morgan fingerprint density at radius 1 is 0.706 bits per heavy atom. The van der Waals surface area contributed by atoms with Crippen molar-refractivity contribution in [3.63, 3.8) is 0 Å². The van der Waals surface area contributed by atoms with E-state index in [9.17, 15) is 9.59 Å². The number of nitrogens with zero attached hydrogens (tertiary/aromatic N) is 1. The molecule has 6 nitrogen and oxygen atoms in total. The highest BCUT2D eigenvalue weighted by Gasteiger charge is 2.22. The van der Waals surface area contributed by atoms with E-state index in [2.05, 4.69) is 15.6 Å². The van der Waals surface area contributed by atoms with Gasteiger partial charge in [0.2, 0.25) is 11.8 Å². The third kappa shape index (κ3) is 5.32. The lowest BCUT2D eigenvalue weighted by atomic mass is 9.88. The number of carbonyl (C=O) groups excluding carboxylic acids is 2. The molecule has 0 aliphatic heterocycles. The molecule has 2 saturated carbocycles. The molecule has 6 heteroatoms. The van der Waals surface area contributed by atoms with Crippen LogP contribution in [0.1, 0.15) is 70.6 Å². The maximum Gasteiger partial charge on any atom is 0.227 e. The van der Waals surface area contributed by atoms with E-state index >= 15 is 0 Å². The number of H-pyrrole nitrogens is 1. The van der Waals surface area contributed by atoms with Crippen molar-refractivity contribution >= 4 is 34.2 Å². The summed E-state index contributed by atoms with van der Waals surface area (Å²) >= 11 is 0. The van der Waals surface area contributed by atoms with Crippen molar-refractivity contribution in [2.75, 3.05) is 10.6 Å². The third-order valence-corrected chi connectivity index (χ3v) is 7.38. The molecule has 0 unspecified atom stereocenters. The highest BCUT2D eigenvalue weighted by molar-refractivity contribution is 5.95. The molecule has 2 aromatic carbocycles. The third-order valence-electron chi connectivity index (χ3n) is 7.38. The summed E-state index contributed by atoms with van der Waals surface area (Å²) in [7, 11) is 0. The first-order valence-electron chi connectivity index (χ1n) is 12.9. The van der Waals surface area contributed by atoms with Crippen LogP contribution < -0.4 is 10.6 Å². The number of carbonyl (C=O) groups is 2. The number of imidazole rings is 1. The fourth-order valence-corrected chi connectivity index (χ4v) is 5.33. The number of aromatic amines is 1. The molecule has 2 fully saturated rings. The number of hydrogen-bond donors (Lipinski definition) is 3. The largest absolute Gasteiger partial charge is 0.338 e. The van der Waals surface area contributed by atoms with Crippen LogP contribution in [0.4, 0.5) is 11.4 Å². The van der Waals surface area contributed by atoms with Gasteiger partial charge in [-0.3, -0.25) is 9.59 Å². The Balaban J connectivity index is 1.24. The van der Waals surface area contributed by atoms with Crippen LogP contribution >= 0.6 is 0 Å². The number of anilines is 2. The lowest BCUT2D eigenvalue weighted by molar-refractivity contribution is -0.121. The summed E-state index contributed by atoms with van der Waals surface area (Å²) in [5, 5.41) is 6.17. The number of nitrogens with one attached hydrogen (secondary N) is 3. The zero-order chi connectivity index (χ0) is 23.3. The van der Waals surface area contributed by atoms with Crippen molar-refractivity contribution in [2.24, 2.45) is 11.8 Å². The van der Waals surface area contributed by atoms with Crippen LogP contribution in [-0.4, -0.2) is 21.8 Å². The van der Waals surface area contributed by atoms with Crippen LogP contribution in [-0.2, 0) is 9.59 Å². The predicted octanol–water partition coefficient (Wildman–Crippen LogP) is 6.66. The molecule has 2 aliphatic rings. The maximum atomic E-state index is 12.6. The summed E-state index contributed by atoms with van der Waals surface area (Å²) in [5.41, 5.74) is 4.33. The average molecular weight is 459 g/mol. The Bertz CT molecular complexity index is 1140. The number of amides is 2. The van der Waals surface area contributed by atoms with Gasteiger partial charge in [-0.05, 0) is 68.1 Å². The van der Waals surface area contributed by atoms with Crippen LogP contribution in [0.2, 0.25) is 0 Å².